The average molecular weight is 541 g/mol. The van der Waals surface area contributed by atoms with E-state index in [9.17, 15) is 9.59 Å². The molecule has 8 nitrogen and oxygen atoms in total. The molecule has 3 aromatic rings. The second-order valence-electron chi connectivity index (χ2n) is 10.6. The fourth-order valence-electron chi connectivity index (χ4n) is 3.75. The molecule has 9 heteroatoms. The third-order valence-corrected chi connectivity index (χ3v) is 6.26. The smallest absolute Gasteiger partial charge is 0.254 e. The molecule has 0 atom stereocenters. The summed E-state index contributed by atoms with van der Waals surface area (Å²) in [6, 6.07) is 14.1. The summed E-state index contributed by atoms with van der Waals surface area (Å²) in [5.74, 6) is 1.27. The number of methoxy groups -OCH3 is 2. The molecule has 0 spiro atoms. The summed E-state index contributed by atoms with van der Waals surface area (Å²) in [6.45, 7) is 10.6. The van der Waals surface area contributed by atoms with Gasteiger partial charge in [0, 0.05) is 34.7 Å². The van der Waals surface area contributed by atoms with Gasteiger partial charge in [-0.2, -0.15) is 5.10 Å². The normalized spacial score (nSPS) is 11.4. The maximum Gasteiger partial charge on any atom is 0.254 e. The number of ether oxygens (including phenoxy) is 2. The van der Waals surface area contributed by atoms with Gasteiger partial charge in [-0.3, -0.25) is 9.59 Å². The van der Waals surface area contributed by atoms with E-state index in [1.54, 1.807) is 39.9 Å². The molecule has 0 saturated carbocycles. The maximum atomic E-state index is 13.5. The molecule has 0 aliphatic carbocycles. The van der Waals surface area contributed by atoms with Gasteiger partial charge in [0.25, 0.3) is 5.91 Å². The SMILES string of the molecule is COc1cc(OC)cc(C(=O)N(CCC(C)C)CC(=O)Nc2cc(C(C)(C)C)nn2-c2ccc(Cl)cc2)c1. The van der Waals surface area contributed by atoms with Gasteiger partial charge in [0.2, 0.25) is 5.91 Å². The molecule has 0 unspecified atom stereocenters. The van der Waals surface area contributed by atoms with Crippen molar-refractivity contribution in [2.45, 2.75) is 46.5 Å². The molecule has 0 saturated heterocycles. The van der Waals surface area contributed by atoms with Crippen LogP contribution in [0.2, 0.25) is 5.02 Å². The Kier molecular flexibility index (Phi) is 9.44. The van der Waals surface area contributed by atoms with E-state index >= 15 is 0 Å². The van der Waals surface area contributed by atoms with Gasteiger partial charge in [0.15, 0.2) is 0 Å². The number of hydrogen-bond acceptors (Lipinski definition) is 5. The number of hydrogen-bond donors (Lipinski definition) is 1. The van der Waals surface area contributed by atoms with E-state index in [-0.39, 0.29) is 23.8 Å². The topological polar surface area (TPSA) is 85.7 Å². The summed E-state index contributed by atoms with van der Waals surface area (Å²) in [6.07, 6.45) is 0.747. The number of anilines is 1. The van der Waals surface area contributed by atoms with Crippen molar-refractivity contribution >= 4 is 29.2 Å². The van der Waals surface area contributed by atoms with Crippen molar-refractivity contribution in [2.75, 3.05) is 32.6 Å². The van der Waals surface area contributed by atoms with Gasteiger partial charge in [-0.25, -0.2) is 4.68 Å². The van der Waals surface area contributed by atoms with Crippen LogP contribution in [0.25, 0.3) is 5.69 Å². The first-order chi connectivity index (χ1) is 17.9. The molecular formula is C29H37ClN4O4. The Morgan fingerprint density at radius 3 is 2.16 bits per heavy atom. The molecule has 1 heterocycles. The van der Waals surface area contributed by atoms with Crippen LogP contribution in [0.3, 0.4) is 0 Å². The van der Waals surface area contributed by atoms with Crippen LogP contribution < -0.4 is 14.8 Å². The van der Waals surface area contributed by atoms with Crippen LogP contribution in [-0.2, 0) is 10.2 Å². The number of benzene rings is 2. The molecule has 0 bridgehead atoms. The molecule has 0 fully saturated rings. The molecule has 204 valence electrons. The van der Waals surface area contributed by atoms with Crippen LogP contribution in [0.5, 0.6) is 11.5 Å². The molecule has 38 heavy (non-hydrogen) atoms. The van der Waals surface area contributed by atoms with Gasteiger partial charge >= 0.3 is 0 Å². The lowest BCUT2D eigenvalue weighted by Gasteiger charge is -2.24. The van der Waals surface area contributed by atoms with Crippen molar-refractivity contribution in [3.63, 3.8) is 0 Å². The van der Waals surface area contributed by atoms with Gasteiger partial charge in [-0.1, -0.05) is 46.2 Å². The fourth-order valence-corrected chi connectivity index (χ4v) is 3.88. The van der Waals surface area contributed by atoms with Crippen molar-refractivity contribution in [1.29, 1.82) is 0 Å². The zero-order chi connectivity index (χ0) is 28.0. The van der Waals surface area contributed by atoms with Crippen LogP contribution in [0.1, 0.15) is 57.1 Å². The predicted molar refractivity (Wildman–Crippen MR) is 151 cm³/mol. The number of halogens is 1. The number of carbonyl (C=O) groups is 2. The maximum absolute atomic E-state index is 13.5. The van der Waals surface area contributed by atoms with Crippen molar-refractivity contribution < 1.29 is 19.1 Å². The Morgan fingerprint density at radius 1 is 1.03 bits per heavy atom. The third-order valence-electron chi connectivity index (χ3n) is 6.01. The zero-order valence-electron chi connectivity index (χ0n) is 23.2. The largest absolute Gasteiger partial charge is 0.497 e. The van der Waals surface area contributed by atoms with Crippen LogP contribution >= 0.6 is 11.6 Å². The first kappa shape index (κ1) is 29.0. The lowest BCUT2D eigenvalue weighted by atomic mass is 9.92. The number of nitrogens with one attached hydrogen (secondary N) is 1. The van der Waals surface area contributed by atoms with Crippen LogP contribution in [0, 0.1) is 5.92 Å². The van der Waals surface area contributed by atoms with Crippen molar-refractivity contribution in [1.82, 2.24) is 14.7 Å². The molecule has 1 N–H and O–H groups in total. The number of amides is 2. The standard InChI is InChI=1S/C29H37ClN4O4/c1-19(2)12-13-33(28(36)20-14-23(37-6)16-24(15-20)38-7)18-27(35)31-26-17-25(29(3,4)5)32-34(26)22-10-8-21(30)9-11-22/h8-11,14-17,19H,12-13,18H2,1-7H3,(H,31,35). The van der Waals surface area contributed by atoms with Gasteiger partial charge in [-0.15, -0.1) is 0 Å². The Morgan fingerprint density at radius 2 is 1.63 bits per heavy atom. The van der Waals surface area contributed by atoms with E-state index in [0.717, 1.165) is 17.8 Å². The minimum atomic E-state index is -0.326. The second-order valence-corrected chi connectivity index (χ2v) is 11.0. The highest BCUT2D eigenvalue weighted by atomic mass is 35.5. The van der Waals surface area contributed by atoms with E-state index in [1.807, 2.05) is 18.2 Å². The Balaban J connectivity index is 1.89. The van der Waals surface area contributed by atoms with Gasteiger partial charge < -0.3 is 19.7 Å². The molecule has 0 aliphatic rings. The molecule has 2 amide bonds. The molecule has 3 rings (SSSR count). The van der Waals surface area contributed by atoms with E-state index in [4.69, 9.17) is 26.2 Å². The molecular weight excluding hydrogens is 504 g/mol. The highest BCUT2D eigenvalue weighted by Crippen LogP contribution is 2.27. The van der Waals surface area contributed by atoms with Crippen LogP contribution in [-0.4, -0.2) is 53.8 Å². The minimum absolute atomic E-state index is 0.123. The zero-order valence-corrected chi connectivity index (χ0v) is 23.9. The third kappa shape index (κ3) is 7.51. The summed E-state index contributed by atoms with van der Waals surface area (Å²) < 4.78 is 12.3. The fraction of sp³-hybridized carbons (Fsp3) is 0.414. The summed E-state index contributed by atoms with van der Waals surface area (Å²) in [5, 5.41) is 8.32. The Labute approximate surface area is 229 Å². The predicted octanol–water partition coefficient (Wildman–Crippen LogP) is 5.97. The average Bonchev–Trinajstić information content (AvgIpc) is 3.30. The van der Waals surface area contributed by atoms with E-state index in [2.05, 4.69) is 39.9 Å². The first-order valence-corrected chi connectivity index (χ1v) is 13.0. The Hall–Kier alpha value is -3.52. The molecule has 2 aromatic carbocycles. The molecule has 0 radical (unpaired) electrons. The highest BCUT2D eigenvalue weighted by Gasteiger charge is 2.24. The molecule has 1 aromatic heterocycles. The summed E-state index contributed by atoms with van der Waals surface area (Å²) in [4.78, 5) is 28.4. The summed E-state index contributed by atoms with van der Waals surface area (Å²) >= 11 is 6.08. The number of nitrogens with zero attached hydrogens (tertiary/aromatic N) is 3. The van der Waals surface area contributed by atoms with Crippen LogP contribution in [0.15, 0.2) is 48.5 Å². The number of rotatable bonds is 10. The lowest BCUT2D eigenvalue weighted by Crippen LogP contribution is -2.39. The van der Waals surface area contributed by atoms with Crippen molar-refractivity contribution in [3.8, 4) is 17.2 Å². The monoisotopic (exact) mass is 540 g/mol. The van der Waals surface area contributed by atoms with Gasteiger partial charge in [0.1, 0.15) is 23.9 Å². The quantitative estimate of drug-likeness (QED) is 0.342. The minimum Gasteiger partial charge on any atom is -0.497 e. The molecule has 0 aliphatic heterocycles. The Bertz CT molecular complexity index is 1240. The van der Waals surface area contributed by atoms with E-state index in [1.165, 1.54) is 14.2 Å². The highest BCUT2D eigenvalue weighted by molar-refractivity contribution is 6.30. The van der Waals surface area contributed by atoms with Crippen molar-refractivity contribution in [2.24, 2.45) is 5.92 Å². The second kappa shape index (κ2) is 12.3. The van der Waals surface area contributed by atoms with E-state index in [0.29, 0.717) is 40.4 Å². The van der Waals surface area contributed by atoms with Gasteiger partial charge in [-0.05, 0) is 48.7 Å². The van der Waals surface area contributed by atoms with E-state index < -0.39 is 0 Å². The summed E-state index contributed by atoms with van der Waals surface area (Å²) in [5.41, 5.74) is 1.73. The number of carbonyl (C=O) groups excluding carboxylic acids is 2. The van der Waals surface area contributed by atoms with Crippen molar-refractivity contribution in [3.05, 3.63) is 64.8 Å². The number of aromatic nitrogens is 2. The van der Waals surface area contributed by atoms with Gasteiger partial charge in [0.05, 0.1) is 25.6 Å². The summed E-state index contributed by atoms with van der Waals surface area (Å²) in [7, 11) is 3.06. The first-order valence-electron chi connectivity index (χ1n) is 12.6. The lowest BCUT2D eigenvalue weighted by molar-refractivity contribution is -0.117. The van der Waals surface area contributed by atoms with Crippen LogP contribution in [0.4, 0.5) is 5.82 Å².